The van der Waals surface area contributed by atoms with Crippen LogP contribution >= 0.6 is 0 Å². The van der Waals surface area contributed by atoms with Gasteiger partial charge in [-0.2, -0.15) is 5.26 Å². The third-order valence-corrected chi connectivity index (χ3v) is 6.41. The molecule has 204 valence electrons. The lowest BCUT2D eigenvalue weighted by Crippen LogP contribution is -2.58. The Bertz CT molecular complexity index is 771. The minimum absolute atomic E-state index is 0.310. The van der Waals surface area contributed by atoms with Crippen molar-refractivity contribution in [1.82, 2.24) is 0 Å². The Morgan fingerprint density at radius 3 is 1.94 bits per heavy atom. The Labute approximate surface area is 217 Å². The van der Waals surface area contributed by atoms with Crippen LogP contribution in [-0.4, -0.2) is 57.5 Å². The monoisotopic (exact) mass is 507 g/mol. The van der Waals surface area contributed by atoms with Gasteiger partial charge in [-0.1, -0.05) is 53.4 Å². The number of benzene rings is 1. The van der Waals surface area contributed by atoms with Crippen LogP contribution in [-0.2, 0) is 23.7 Å². The molecule has 0 radical (unpaired) electrons. The predicted molar refractivity (Wildman–Crippen MR) is 138 cm³/mol. The average molecular weight is 508 g/mol. The van der Waals surface area contributed by atoms with Crippen molar-refractivity contribution < 1.29 is 28.1 Å². The fraction of sp³-hybridized carbons (Fsp3) is 0.759. The van der Waals surface area contributed by atoms with Crippen LogP contribution in [0.2, 0.25) is 0 Å². The van der Waals surface area contributed by atoms with Gasteiger partial charge in [-0.15, -0.1) is 0 Å². The van der Waals surface area contributed by atoms with Crippen molar-refractivity contribution in [2.75, 3.05) is 33.0 Å². The molecule has 1 heterocycles. The van der Waals surface area contributed by atoms with Crippen LogP contribution in [0.1, 0.15) is 96.3 Å². The zero-order chi connectivity index (χ0) is 26.2. The SMILES string of the molecule is CCCCOC[C@H]1OC(c2cc(C#N)ccc2F)[C@H](OCCCC)C(OCCCC)[C@@H]1OCCCC. The van der Waals surface area contributed by atoms with E-state index in [0.29, 0.717) is 44.2 Å². The fourth-order valence-corrected chi connectivity index (χ4v) is 4.24. The van der Waals surface area contributed by atoms with Gasteiger partial charge >= 0.3 is 0 Å². The van der Waals surface area contributed by atoms with Gasteiger partial charge in [-0.05, 0) is 43.9 Å². The summed E-state index contributed by atoms with van der Waals surface area (Å²) >= 11 is 0. The van der Waals surface area contributed by atoms with Crippen molar-refractivity contribution >= 4 is 0 Å². The van der Waals surface area contributed by atoms with Gasteiger partial charge in [-0.25, -0.2) is 4.39 Å². The highest BCUT2D eigenvalue weighted by Gasteiger charge is 2.49. The first-order valence-corrected chi connectivity index (χ1v) is 13.9. The first kappa shape index (κ1) is 30.7. The number of hydrogen-bond donors (Lipinski definition) is 0. The third kappa shape index (κ3) is 9.39. The van der Waals surface area contributed by atoms with Crippen LogP contribution < -0.4 is 0 Å². The van der Waals surface area contributed by atoms with Gasteiger partial charge in [0.25, 0.3) is 0 Å². The molecular formula is C29H46FNO5. The van der Waals surface area contributed by atoms with E-state index in [1.165, 1.54) is 12.1 Å². The zero-order valence-electron chi connectivity index (χ0n) is 22.7. The molecule has 1 aliphatic rings. The number of hydrogen-bond acceptors (Lipinski definition) is 6. The van der Waals surface area contributed by atoms with E-state index < -0.39 is 36.3 Å². The Balaban J connectivity index is 2.45. The first-order chi connectivity index (χ1) is 17.6. The maximum absolute atomic E-state index is 15.2. The Hall–Kier alpha value is -1.56. The standard InChI is InChI=1S/C29H46FNO5/c1-5-9-15-32-21-25-27(33-16-10-6-2)29(35-18-12-8-4)28(34-17-11-7-3)26(36-25)23-19-22(20-31)13-14-24(23)30/h13-14,19,25-29H,5-12,15-18,21H2,1-4H3/t25-,26?,27-,28+,29?/m1/s1. The lowest BCUT2D eigenvalue weighted by molar-refractivity contribution is -0.268. The highest BCUT2D eigenvalue weighted by Crippen LogP contribution is 2.39. The highest BCUT2D eigenvalue weighted by atomic mass is 19.1. The van der Waals surface area contributed by atoms with E-state index in [1.807, 2.05) is 0 Å². The van der Waals surface area contributed by atoms with Crippen LogP contribution in [0.5, 0.6) is 0 Å². The summed E-state index contributed by atoms with van der Waals surface area (Å²) in [5, 5.41) is 9.46. The normalized spacial score (nSPS) is 24.1. The van der Waals surface area contributed by atoms with E-state index in [1.54, 1.807) is 6.07 Å². The molecule has 1 fully saturated rings. The van der Waals surface area contributed by atoms with Crippen molar-refractivity contribution in [2.24, 2.45) is 0 Å². The molecule has 1 saturated heterocycles. The van der Waals surface area contributed by atoms with Crippen molar-refractivity contribution in [3.05, 3.63) is 35.1 Å². The number of nitrogens with zero attached hydrogens (tertiary/aromatic N) is 1. The number of ether oxygens (including phenoxy) is 5. The van der Waals surface area contributed by atoms with Gasteiger partial charge in [0.05, 0.1) is 18.2 Å². The van der Waals surface area contributed by atoms with Crippen LogP contribution in [0, 0.1) is 17.1 Å². The topological polar surface area (TPSA) is 69.9 Å². The second-order valence-electron chi connectivity index (χ2n) is 9.44. The maximum atomic E-state index is 15.2. The smallest absolute Gasteiger partial charge is 0.129 e. The molecule has 2 rings (SSSR count). The third-order valence-electron chi connectivity index (χ3n) is 6.41. The molecule has 0 aromatic heterocycles. The highest BCUT2D eigenvalue weighted by molar-refractivity contribution is 5.35. The lowest BCUT2D eigenvalue weighted by Gasteiger charge is -2.46. The molecular weight excluding hydrogens is 461 g/mol. The summed E-state index contributed by atoms with van der Waals surface area (Å²) in [5.41, 5.74) is 0.688. The molecule has 0 bridgehead atoms. The van der Waals surface area contributed by atoms with E-state index >= 15 is 4.39 Å². The van der Waals surface area contributed by atoms with E-state index in [2.05, 4.69) is 33.8 Å². The van der Waals surface area contributed by atoms with Crippen molar-refractivity contribution in [3.63, 3.8) is 0 Å². The molecule has 0 saturated carbocycles. The molecule has 0 spiro atoms. The number of nitriles is 1. The second-order valence-corrected chi connectivity index (χ2v) is 9.44. The van der Waals surface area contributed by atoms with Gasteiger partial charge < -0.3 is 23.7 Å². The van der Waals surface area contributed by atoms with Crippen LogP contribution in [0.4, 0.5) is 4.39 Å². The molecule has 36 heavy (non-hydrogen) atoms. The molecule has 2 unspecified atom stereocenters. The van der Waals surface area contributed by atoms with E-state index in [4.69, 9.17) is 23.7 Å². The van der Waals surface area contributed by atoms with Gasteiger partial charge in [0.1, 0.15) is 36.3 Å². The summed E-state index contributed by atoms with van der Waals surface area (Å²) < 4.78 is 46.9. The second kappa shape index (κ2) is 17.8. The van der Waals surface area contributed by atoms with Crippen molar-refractivity contribution in [3.8, 4) is 6.07 Å². The Morgan fingerprint density at radius 2 is 1.36 bits per heavy atom. The molecule has 0 aliphatic carbocycles. The van der Waals surface area contributed by atoms with Crippen molar-refractivity contribution in [1.29, 1.82) is 5.26 Å². The summed E-state index contributed by atoms with van der Waals surface area (Å²) in [4.78, 5) is 0. The lowest BCUT2D eigenvalue weighted by atomic mass is 9.89. The van der Waals surface area contributed by atoms with E-state index in [-0.39, 0.29) is 0 Å². The molecule has 1 aromatic rings. The fourth-order valence-electron chi connectivity index (χ4n) is 4.24. The number of halogens is 1. The molecule has 7 heteroatoms. The minimum Gasteiger partial charge on any atom is -0.379 e. The van der Waals surface area contributed by atoms with Crippen LogP contribution in [0.15, 0.2) is 18.2 Å². The van der Waals surface area contributed by atoms with Gasteiger partial charge in [-0.3, -0.25) is 0 Å². The van der Waals surface area contributed by atoms with Crippen molar-refractivity contribution in [2.45, 2.75) is 110 Å². The molecule has 6 nitrogen and oxygen atoms in total. The summed E-state index contributed by atoms with van der Waals surface area (Å²) in [6, 6.07) is 6.48. The summed E-state index contributed by atoms with van der Waals surface area (Å²) in [7, 11) is 0. The summed E-state index contributed by atoms with van der Waals surface area (Å²) in [6.45, 7) is 11.0. The van der Waals surface area contributed by atoms with Gasteiger partial charge in [0, 0.05) is 32.0 Å². The predicted octanol–water partition coefficient (Wildman–Crippen LogP) is 6.51. The quantitative estimate of drug-likeness (QED) is 0.211. The van der Waals surface area contributed by atoms with Gasteiger partial charge in [0.15, 0.2) is 0 Å². The van der Waals surface area contributed by atoms with E-state index in [0.717, 1.165) is 51.4 Å². The summed E-state index contributed by atoms with van der Waals surface area (Å²) in [6.07, 6.45) is 5.05. The van der Waals surface area contributed by atoms with Crippen LogP contribution in [0.3, 0.4) is 0 Å². The average Bonchev–Trinajstić information content (AvgIpc) is 2.89. The molecule has 0 amide bonds. The molecule has 1 aromatic carbocycles. The largest absolute Gasteiger partial charge is 0.379 e. The van der Waals surface area contributed by atoms with Gasteiger partial charge in [0.2, 0.25) is 0 Å². The Kier molecular flexibility index (Phi) is 15.2. The number of rotatable bonds is 18. The molecule has 5 atom stereocenters. The van der Waals surface area contributed by atoms with E-state index in [9.17, 15) is 5.26 Å². The molecule has 0 N–H and O–H groups in total. The Morgan fingerprint density at radius 1 is 0.806 bits per heavy atom. The van der Waals surface area contributed by atoms with Crippen LogP contribution in [0.25, 0.3) is 0 Å². The summed E-state index contributed by atoms with van der Waals surface area (Å²) in [5.74, 6) is -0.425. The molecule has 1 aliphatic heterocycles. The maximum Gasteiger partial charge on any atom is 0.129 e. The zero-order valence-corrected chi connectivity index (χ0v) is 22.7. The minimum atomic E-state index is -0.743. The first-order valence-electron chi connectivity index (χ1n) is 13.9. The number of unbranched alkanes of at least 4 members (excludes halogenated alkanes) is 4.